The lowest BCUT2D eigenvalue weighted by atomic mass is 9.89. The second-order valence-electron chi connectivity index (χ2n) is 8.10. The van der Waals surface area contributed by atoms with E-state index >= 15 is 0 Å². The van der Waals surface area contributed by atoms with Crippen molar-refractivity contribution in [2.75, 3.05) is 26.7 Å². The van der Waals surface area contributed by atoms with Crippen LogP contribution in [-0.4, -0.2) is 49.4 Å². The molecule has 0 saturated carbocycles. The number of hydrogen-bond acceptors (Lipinski definition) is 3. The van der Waals surface area contributed by atoms with Gasteiger partial charge in [0, 0.05) is 19.5 Å². The van der Waals surface area contributed by atoms with Crippen LogP contribution >= 0.6 is 12.4 Å². The molecule has 1 aliphatic rings. The SMILES string of the molecule is CCC(C)C(NC(=O)CCCNC)C(=O)N1CCC(Cc2ccccc2)CC1.Cl. The monoisotopic (exact) mass is 423 g/mol. The average molecular weight is 424 g/mol. The molecule has 1 saturated heterocycles. The topological polar surface area (TPSA) is 61.4 Å². The third kappa shape index (κ3) is 8.35. The van der Waals surface area contributed by atoms with Crippen molar-refractivity contribution in [3.05, 3.63) is 35.9 Å². The maximum absolute atomic E-state index is 13.1. The zero-order valence-corrected chi connectivity index (χ0v) is 19.0. The number of nitrogens with zero attached hydrogens (tertiary/aromatic N) is 1. The molecule has 1 aliphatic heterocycles. The first kappa shape index (κ1) is 25.4. The van der Waals surface area contributed by atoms with Crippen LogP contribution < -0.4 is 10.6 Å². The number of benzene rings is 1. The lowest BCUT2D eigenvalue weighted by Crippen LogP contribution is -2.53. The van der Waals surface area contributed by atoms with Crippen LogP contribution in [0.5, 0.6) is 0 Å². The van der Waals surface area contributed by atoms with Gasteiger partial charge in [-0.2, -0.15) is 0 Å². The number of carbonyl (C=O) groups is 2. The third-order valence-corrected chi connectivity index (χ3v) is 5.92. The molecule has 164 valence electrons. The number of nitrogens with one attached hydrogen (secondary N) is 2. The summed E-state index contributed by atoms with van der Waals surface area (Å²) in [6.07, 6.45) is 5.26. The largest absolute Gasteiger partial charge is 0.344 e. The van der Waals surface area contributed by atoms with E-state index in [2.05, 4.69) is 48.7 Å². The van der Waals surface area contributed by atoms with Crippen LogP contribution in [0.3, 0.4) is 0 Å². The first-order chi connectivity index (χ1) is 13.5. The molecular weight excluding hydrogens is 386 g/mol. The molecule has 2 atom stereocenters. The number of rotatable bonds is 10. The Morgan fingerprint density at radius 2 is 1.83 bits per heavy atom. The minimum absolute atomic E-state index is 0. The molecule has 1 heterocycles. The lowest BCUT2D eigenvalue weighted by Gasteiger charge is -2.36. The summed E-state index contributed by atoms with van der Waals surface area (Å²) in [5, 5.41) is 6.07. The predicted molar refractivity (Wildman–Crippen MR) is 121 cm³/mol. The highest BCUT2D eigenvalue weighted by molar-refractivity contribution is 5.88. The summed E-state index contributed by atoms with van der Waals surface area (Å²) in [7, 11) is 1.88. The summed E-state index contributed by atoms with van der Waals surface area (Å²) in [5.74, 6) is 0.842. The Kier molecular flexibility index (Phi) is 11.9. The highest BCUT2D eigenvalue weighted by Gasteiger charge is 2.32. The smallest absolute Gasteiger partial charge is 0.245 e. The fourth-order valence-corrected chi connectivity index (χ4v) is 3.86. The zero-order chi connectivity index (χ0) is 20.4. The Labute approximate surface area is 182 Å². The maximum atomic E-state index is 13.1. The minimum Gasteiger partial charge on any atom is -0.344 e. The van der Waals surface area contributed by atoms with Crippen LogP contribution in [0.25, 0.3) is 0 Å². The minimum atomic E-state index is -0.405. The van der Waals surface area contributed by atoms with E-state index in [-0.39, 0.29) is 30.1 Å². The second-order valence-corrected chi connectivity index (χ2v) is 8.10. The van der Waals surface area contributed by atoms with Gasteiger partial charge < -0.3 is 15.5 Å². The van der Waals surface area contributed by atoms with Crippen molar-refractivity contribution in [3.63, 3.8) is 0 Å². The van der Waals surface area contributed by atoms with Crippen molar-refractivity contribution in [2.24, 2.45) is 11.8 Å². The van der Waals surface area contributed by atoms with Crippen molar-refractivity contribution in [1.82, 2.24) is 15.5 Å². The molecular formula is C23H38ClN3O2. The van der Waals surface area contributed by atoms with Gasteiger partial charge in [-0.25, -0.2) is 0 Å². The molecule has 5 nitrogen and oxygen atoms in total. The highest BCUT2D eigenvalue weighted by atomic mass is 35.5. The number of likely N-dealkylation sites (tertiary alicyclic amines) is 1. The Hall–Kier alpha value is -1.59. The van der Waals surface area contributed by atoms with E-state index in [4.69, 9.17) is 0 Å². The molecule has 0 aromatic heterocycles. The third-order valence-electron chi connectivity index (χ3n) is 5.92. The van der Waals surface area contributed by atoms with Gasteiger partial charge in [0.2, 0.25) is 11.8 Å². The van der Waals surface area contributed by atoms with Crippen LogP contribution in [0.15, 0.2) is 30.3 Å². The number of hydrogen-bond donors (Lipinski definition) is 2. The number of amides is 2. The molecule has 6 heteroatoms. The second kappa shape index (κ2) is 13.6. The molecule has 1 aromatic carbocycles. The van der Waals surface area contributed by atoms with Crippen LogP contribution in [0, 0.1) is 11.8 Å². The summed E-state index contributed by atoms with van der Waals surface area (Å²) in [6, 6.07) is 10.2. The van der Waals surface area contributed by atoms with Gasteiger partial charge in [-0.1, -0.05) is 50.6 Å². The molecule has 29 heavy (non-hydrogen) atoms. The van der Waals surface area contributed by atoms with E-state index in [0.29, 0.717) is 12.3 Å². The molecule has 2 amide bonds. The summed E-state index contributed by atoms with van der Waals surface area (Å²) in [6.45, 7) is 6.52. The molecule has 0 aliphatic carbocycles. The maximum Gasteiger partial charge on any atom is 0.245 e. The first-order valence-electron chi connectivity index (χ1n) is 10.8. The molecule has 0 radical (unpaired) electrons. The van der Waals surface area contributed by atoms with Crippen LogP contribution in [-0.2, 0) is 16.0 Å². The van der Waals surface area contributed by atoms with Crippen molar-refractivity contribution >= 4 is 24.2 Å². The molecule has 0 bridgehead atoms. The highest BCUT2D eigenvalue weighted by Crippen LogP contribution is 2.23. The normalized spacial score (nSPS) is 16.6. The molecule has 1 aromatic rings. The van der Waals surface area contributed by atoms with Crippen molar-refractivity contribution < 1.29 is 9.59 Å². The van der Waals surface area contributed by atoms with E-state index in [1.54, 1.807) is 0 Å². The fraction of sp³-hybridized carbons (Fsp3) is 0.652. The average Bonchev–Trinajstić information content (AvgIpc) is 2.72. The van der Waals surface area contributed by atoms with Crippen LogP contribution in [0.2, 0.25) is 0 Å². The van der Waals surface area contributed by atoms with Crippen LogP contribution in [0.1, 0.15) is 51.5 Å². The Balaban J connectivity index is 0.00000420. The van der Waals surface area contributed by atoms with Crippen molar-refractivity contribution in [3.8, 4) is 0 Å². The summed E-state index contributed by atoms with van der Waals surface area (Å²) in [4.78, 5) is 27.4. The number of halogens is 1. The molecule has 2 rings (SSSR count). The van der Waals surface area contributed by atoms with Crippen molar-refractivity contribution in [2.45, 2.75) is 58.4 Å². The molecule has 2 N–H and O–H groups in total. The Morgan fingerprint density at radius 1 is 1.17 bits per heavy atom. The van der Waals surface area contributed by atoms with E-state index in [0.717, 1.165) is 51.7 Å². The summed E-state index contributed by atoms with van der Waals surface area (Å²) < 4.78 is 0. The van der Waals surface area contributed by atoms with E-state index in [1.165, 1.54) is 5.56 Å². The van der Waals surface area contributed by atoms with Gasteiger partial charge in [0.1, 0.15) is 6.04 Å². The predicted octanol–water partition coefficient (Wildman–Crippen LogP) is 3.42. The van der Waals surface area contributed by atoms with E-state index in [1.807, 2.05) is 18.0 Å². The van der Waals surface area contributed by atoms with E-state index in [9.17, 15) is 9.59 Å². The zero-order valence-electron chi connectivity index (χ0n) is 18.2. The van der Waals surface area contributed by atoms with Gasteiger partial charge in [0.15, 0.2) is 0 Å². The van der Waals surface area contributed by atoms with Gasteiger partial charge in [0.05, 0.1) is 0 Å². The lowest BCUT2D eigenvalue weighted by molar-refractivity contribution is -0.139. The molecule has 2 unspecified atom stereocenters. The van der Waals surface area contributed by atoms with Gasteiger partial charge >= 0.3 is 0 Å². The van der Waals surface area contributed by atoms with E-state index < -0.39 is 6.04 Å². The van der Waals surface area contributed by atoms with Gasteiger partial charge in [-0.05, 0) is 56.7 Å². The quantitative estimate of drug-likeness (QED) is 0.567. The fourth-order valence-electron chi connectivity index (χ4n) is 3.86. The standard InChI is InChI=1S/C23H37N3O2.ClH/c1-4-18(2)22(25-21(27)11-8-14-24-3)23(28)26-15-12-20(13-16-26)17-19-9-6-5-7-10-19;/h5-7,9-10,18,20,22,24H,4,8,11-17H2,1-3H3,(H,25,27);1H. The molecule has 0 spiro atoms. The summed E-state index contributed by atoms with van der Waals surface area (Å²) >= 11 is 0. The Morgan fingerprint density at radius 3 is 2.41 bits per heavy atom. The first-order valence-corrected chi connectivity index (χ1v) is 10.8. The summed E-state index contributed by atoms with van der Waals surface area (Å²) in [5.41, 5.74) is 1.37. The van der Waals surface area contributed by atoms with Crippen molar-refractivity contribution in [1.29, 1.82) is 0 Å². The van der Waals surface area contributed by atoms with Gasteiger partial charge in [-0.3, -0.25) is 9.59 Å². The molecule has 1 fully saturated rings. The van der Waals surface area contributed by atoms with Gasteiger partial charge in [0.25, 0.3) is 0 Å². The Bertz CT molecular complexity index is 603. The number of piperidine rings is 1. The van der Waals surface area contributed by atoms with Crippen LogP contribution in [0.4, 0.5) is 0 Å². The number of carbonyl (C=O) groups excluding carboxylic acids is 2. The van der Waals surface area contributed by atoms with Gasteiger partial charge in [-0.15, -0.1) is 12.4 Å².